The molecule has 0 saturated heterocycles. The number of hydrogen-bond donors (Lipinski definition) is 2. The first-order chi connectivity index (χ1) is 6.97. The molecule has 0 fully saturated rings. The van der Waals surface area contributed by atoms with E-state index in [0.29, 0.717) is 5.69 Å². The van der Waals surface area contributed by atoms with Gasteiger partial charge in [0.1, 0.15) is 0 Å². The molecule has 0 amide bonds. The van der Waals surface area contributed by atoms with Gasteiger partial charge in [-0.2, -0.15) is 0 Å². The lowest BCUT2D eigenvalue weighted by molar-refractivity contribution is -0.525. The lowest BCUT2D eigenvalue weighted by atomic mass is 10.1. The van der Waals surface area contributed by atoms with Gasteiger partial charge in [-0.25, -0.2) is 15.1 Å². The van der Waals surface area contributed by atoms with Crippen molar-refractivity contribution in [2.45, 2.75) is 13.8 Å². The molecule has 0 aliphatic heterocycles. The van der Waals surface area contributed by atoms with Gasteiger partial charge in [0.25, 0.3) is 5.96 Å². The molecule has 1 aromatic rings. The van der Waals surface area contributed by atoms with Gasteiger partial charge < -0.3 is 5.73 Å². The van der Waals surface area contributed by atoms with Gasteiger partial charge in [0.05, 0.1) is 5.69 Å². The second kappa shape index (κ2) is 4.41. The van der Waals surface area contributed by atoms with E-state index in [1.807, 2.05) is 19.9 Å². The van der Waals surface area contributed by atoms with Crippen LogP contribution in [0.4, 0.5) is 5.69 Å². The van der Waals surface area contributed by atoms with E-state index in [0.717, 1.165) is 11.1 Å². The molecule has 0 atom stereocenters. The zero-order chi connectivity index (χ0) is 11.4. The van der Waals surface area contributed by atoms with Crippen LogP contribution in [0.1, 0.15) is 11.1 Å². The number of aliphatic imine (C=N–C) groups is 1. The third-order valence-electron chi connectivity index (χ3n) is 1.66. The number of nitrogens with zero attached hydrogens (tertiary/aromatic N) is 2. The minimum absolute atomic E-state index is 0.231. The molecule has 0 unspecified atom stereocenters. The Bertz CT molecular complexity index is 394. The normalized spacial score (nSPS) is 11.2. The van der Waals surface area contributed by atoms with Crippen molar-refractivity contribution in [1.82, 2.24) is 5.43 Å². The van der Waals surface area contributed by atoms with Crippen molar-refractivity contribution in [3.8, 4) is 0 Å². The third kappa shape index (κ3) is 3.63. The van der Waals surface area contributed by atoms with Gasteiger partial charge >= 0.3 is 0 Å². The lowest BCUT2D eigenvalue weighted by Gasteiger charge is -2.00. The highest BCUT2D eigenvalue weighted by Gasteiger charge is 2.00. The molecule has 0 aliphatic carbocycles. The smallest absolute Gasteiger partial charge is 0.256 e. The molecule has 1 rings (SSSR count). The Kier molecular flexibility index (Phi) is 3.22. The Hall–Kier alpha value is -2.11. The fourth-order valence-corrected chi connectivity index (χ4v) is 1.27. The van der Waals surface area contributed by atoms with Crippen LogP contribution < -0.4 is 11.2 Å². The largest absolute Gasteiger partial charge is 0.365 e. The molecule has 1 aromatic carbocycles. The number of nitrogens with one attached hydrogen (secondary N) is 1. The van der Waals surface area contributed by atoms with Crippen LogP contribution in [0.3, 0.4) is 0 Å². The Morgan fingerprint density at radius 2 is 1.93 bits per heavy atom. The van der Waals surface area contributed by atoms with Crippen LogP contribution >= 0.6 is 0 Å². The first-order valence-corrected chi connectivity index (χ1v) is 4.31. The van der Waals surface area contributed by atoms with Gasteiger partial charge in [-0.3, -0.25) is 0 Å². The van der Waals surface area contributed by atoms with Crippen molar-refractivity contribution >= 4 is 11.6 Å². The Balaban J connectivity index is 2.92. The average Bonchev–Trinajstić information content (AvgIpc) is 1.98. The van der Waals surface area contributed by atoms with Crippen LogP contribution in [-0.4, -0.2) is 11.0 Å². The highest BCUT2D eigenvalue weighted by Crippen LogP contribution is 2.16. The number of benzene rings is 1. The Morgan fingerprint density at radius 1 is 1.40 bits per heavy atom. The maximum atomic E-state index is 10.1. The highest BCUT2D eigenvalue weighted by atomic mass is 16.7. The summed E-state index contributed by atoms with van der Waals surface area (Å²) in [7, 11) is 0. The van der Waals surface area contributed by atoms with Crippen molar-refractivity contribution in [3.63, 3.8) is 0 Å². The maximum Gasteiger partial charge on any atom is 0.256 e. The molecule has 0 radical (unpaired) electrons. The van der Waals surface area contributed by atoms with Crippen molar-refractivity contribution in [2.75, 3.05) is 0 Å². The first-order valence-electron chi connectivity index (χ1n) is 4.31. The summed E-state index contributed by atoms with van der Waals surface area (Å²) in [6.07, 6.45) is 0. The minimum atomic E-state index is -0.749. The number of hydrogen-bond acceptors (Lipinski definition) is 3. The molecule has 3 N–H and O–H groups in total. The molecule has 80 valence electrons. The summed E-state index contributed by atoms with van der Waals surface area (Å²) in [4.78, 5) is 13.9. The first kappa shape index (κ1) is 11.0. The quantitative estimate of drug-likeness (QED) is 0.328. The maximum absolute atomic E-state index is 10.1. The third-order valence-corrected chi connectivity index (χ3v) is 1.66. The number of nitro groups is 1. The average molecular weight is 208 g/mol. The van der Waals surface area contributed by atoms with Crippen LogP contribution in [0.15, 0.2) is 23.2 Å². The van der Waals surface area contributed by atoms with E-state index in [1.54, 1.807) is 17.6 Å². The summed E-state index contributed by atoms with van der Waals surface area (Å²) in [6.45, 7) is 3.84. The molecule has 6 heteroatoms. The summed E-state index contributed by atoms with van der Waals surface area (Å²) < 4.78 is 0. The fourth-order valence-electron chi connectivity index (χ4n) is 1.27. The number of rotatable bonds is 2. The van der Waals surface area contributed by atoms with Crippen molar-refractivity contribution in [3.05, 3.63) is 39.4 Å². The van der Waals surface area contributed by atoms with Gasteiger partial charge in [0.2, 0.25) is 0 Å². The van der Waals surface area contributed by atoms with Crippen LogP contribution in [0.5, 0.6) is 0 Å². The van der Waals surface area contributed by atoms with Gasteiger partial charge in [-0.15, -0.1) is 0 Å². The summed E-state index contributed by atoms with van der Waals surface area (Å²) in [5, 5.41) is 9.32. The summed E-state index contributed by atoms with van der Waals surface area (Å²) in [5.74, 6) is -0.231. The highest BCUT2D eigenvalue weighted by molar-refractivity contribution is 5.79. The predicted molar refractivity (Wildman–Crippen MR) is 57.3 cm³/mol. The topological polar surface area (TPSA) is 93.5 Å². The number of nitrogens with two attached hydrogens (primary N) is 1. The van der Waals surface area contributed by atoms with Crippen LogP contribution in [0.2, 0.25) is 0 Å². The minimum Gasteiger partial charge on any atom is -0.365 e. The van der Waals surface area contributed by atoms with Crippen LogP contribution in [0.25, 0.3) is 0 Å². The van der Waals surface area contributed by atoms with E-state index in [2.05, 4.69) is 4.99 Å². The van der Waals surface area contributed by atoms with E-state index in [-0.39, 0.29) is 5.96 Å². The van der Waals surface area contributed by atoms with E-state index < -0.39 is 5.03 Å². The Labute approximate surface area is 86.9 Å². The number of aryl methyl sites for hydroxylation is 2. The zero-order valence-corrected chi connectivity index (χ0v) is 8.52. The SMILES string of the molecule is Cc1cc(C)cc(N=C(N)N[N+](=O)[O-])c1. The molecule has 0 heterocycles. The monoisotopic (exact) mass is 208 g/mol. The van der Waals surface area contributed by atoms with Gasteiger partial charge in [0.15, 0.2) is 5.03 Å². The lowest BCUT2D eigenvalue weighted by Crippen LogP contribution is -2.35. The van der Waals surface area contributed by atoms with E-state index >= 15 is 0 Å². The summed E-state index contributed by atoms with van der Waals surface area (Å²) in [5.41, 5.74) is 9.74. The summed E-state index contributed by atoms with van der Waals surface area (Å²) in [6, 6.07) is 5.57. The van der Waals surface area contributed by atoms with E-state index in [4.69, 9.17) is 5.73 Å². The van der Waals surface area contributed by atoms with Crippen molar-refractivity contribution in [1.29, 1.82) is 0 Å². The molecule has 0 saturated carbocycles. The molecule has 0 aromatic heterocycles. The van der Waals surface area contributed by atoms with Gasteiger partial charge in [0, 0.05) is 0 Å². The Morgan fingerprint density at radius 3 is 2.40 bits per heavy atom. The summed E-state index contributed by atoms with van der Waals surface area (Å²) >= 11 is 0. The van der Waals surface area contributed by atoms with Gasteiger partial charge in [-0.05, 0) is 37.1 Å². The fraction of sp³-hybridized carbons (Fsp3) is 0.222. The van der Waals surface area contributed by atoms with E-state index in [9.17, 15) is 10.1 Å². The molecule has 6 nitrogen and oxygen atoms in total. The predicted octanol–water partition coefficient (Wildman–Crippen LogP) is 1.03. The molecule has 0 bridgehead atoms. The molecular formula is C9H12N4O2. The number of hydrazine groups is 1. The number of guanidine groups is 1. The second-order valence-corrected chi connectivity index (χ2v) is 3.21. The van der Waals surface area contributed by atoms with Crippen molar-refractivity contribution in [2.24, 2.45) is 10.7 Å². The molecular weight excluding hydrogens is 196 g/mol. The molecule has 0 spiro atoms. The van der Waals surface area contributed by atoms with E-state index in [1.165, 1.54) is 0 Å². The van der Waals surface area contributed by atoms with Crippen LogP contribution in [-0.2, 0) is 0 Å². The van der Waals surface area contributed by atoms with Crippen LogP contribution in [0, 0.1) is 24.0 Å². The standard InChI is InChI=1S/C9H12N4O2/c1-6-3-7(2)5-8(4-6)11-9(10)12-13(14)15/h3-5H,1-2H3,(H3,10,11,12). The zero-order valence-electron chi connectivity index (χ0n) is 8.52. The molecule has 15 heavy (non-hydrogen) atoms. The molecule has 0 aliphatic rings. The second-order valence-electron chi connectivity index (χ2n) is 3.21. The van der Waals surface area contributed by atoms with Gasteiger partial charge in [-0.1, -0.05) is 11.5 Å². The van der Waals surface area contributed by atoms with Crippen molar-refractivity contribution < 1.29 is 5.03 Å².